The predicted octanol–water partition coefficient (Wildman–Crippen LogP) is 18.5. The molecule has 314 valence electrons. The Bertz CT molecular complexity index is 4100. The molecule has 1 nitrogen and oxygen atoms in total. The molecule has 0 radical (unpaired) electrons. The summed E-state index contributed by atoms with van der Waals surface area (Å²) in [6.07, 6.45) is 13.6. The lowest BCUT2D eigenvalue weighted by molar-refractivity contribution is 0.669. The van der Waals surface area contributed by atoms with Crippen LogP contribution in [0.4, 0.5) is 0 Å². The minimum absolute atomic E-state index is 0.913. The summed E-state index contributed by atoms with van der Waals surface area (Å²) in [5, 5.41) is 12.6. The molecule has 0 atom stereocenters. The van der Waals surface area contributed by atoms with Crippen LogP contribution in [0.5, 0.6) is 0 Å². The fourth-order valence-corrected chi connectivity index (χ4v) is 11.7. The molecular formula is C66H44O. The third kappa shape index (κ3) is 6.08. The van der Waals surface area contributed by atoms with Crippen LogP contribution in [-0.2, 0) is 12.8 Å². The summed E-state index contributed by atoms with van der Waals surface area (Å²) >= 11 is 0. The van der Waals surface area contributed by atoms with E-state index >= 15 is 0 Å². The van der Waals surface area contributed by atoms with Crippen LogP contribution in [0.1, 0.15) is 35.1 Å². The quantitative estimate of drug-likeness (QED) is 0.157. The van der Waals surface area contributed by atoms with Crippen molar-refractivity contribution in [3.63, 3.8) is 0 Å². The molecule has 2 aliphatic rings. The van der Waals surface area contributed by atoms with Gasteiger partial charge in [0, 0.05) is 10.8 Å². The van der Waals surface area contributed by atoms with E-state index in [1.165, 1.54) is 121 Å². The van der Waals surface area contributed by atoms with Gasteiger partial charge in [0.15, 0.2) is 0 Å². The van der Waals surface area contributed by atoms with Gasteiger partial charge < -0.3 is 4.42 Å². The molecule has 0 fully saturated rings. The van der Waals surface area contributed by atoms with Gasteiger partial charge in [0.2, 0.25) is 0 Å². The highest BCUT2D eigenvalue weighted by Crippen LogP contribution is 2.48. The molecule has 0 amide bonds. The fraction of sp³-hybridized carbons (Fsp3) is 0.0606. The molecular weight excluding hydrogens is 809 g/mol. The molecule has 0 bridgehead atoms. The van der Waals surface area contributed by atoms with Crippen LogP contribution in [0.2, 0.25) is 0 Å². The molecule has 12 aromatic rings. The lowest BCUT2D eigenvalue weighted by Crippen LogP contribution is -2.03. The van der Waals surface area contributed by atoms with E-state index in [1.807, 2.05) is 6.07 Å². The van der Waals surface area contributed by atoms with E-state index in [1.54, 1.807) is 0 Å². The number of rotatable bonds is 5. The zero-order chi connectivity index (χ0) is 44.0. The van der Waals surface area contributed by atoms with Crippen LogP contribution in [0.3, 0.4) is 0 Å². The van der Waals surface area contributed by atoms with Gasteiger partial charge in [0.25, 0.3) is 0 Å². The van der Waals surface area contributed by atoms with Gasteiger partial charge in [-0.05, 0) is 195 Å². The smallest absolute Gasteiger partial charge is 0.135 e. The van der Waals surface area contributed by atoms with Gasteiger partial charge in [0.1, 0.15) is 11.2 Å². The van der Waals surface area contributed by atoms with Crippen molar-refractivity contribution in [2.24, 2.45) is 0 Å². The third-order valence-electron chi connectivity index (χ3n) is 14.7. The van der Waals surface area contributed by atoms with E-state index in [2.05, 4.69) is 212 Å². The van der Waals surface area contributed by atoms with Gasteiger partial charge in [0.05, 0.1) is 0 Å². The first kappa shape index (κ1) is 38.1. The fourth-order valence-electron chi connectivity index (χ4n) is 11.7. The monoisotopic (exact) mass is 852 g/mol. The Labute approximate surface area is 389 Å². The first-order valence-electron chi connectivity index (χ1n) is 23.8. The van der Waals surface area contributed by atoms with Gasteiger partial charge >= 0.3 is 0 Å². The molecule has 0 saturated carbocycles. The number of para-hydroxylation sites is 1. The molecule has 1 heteroatoms. The summed E-state index contributed by atoms with van der Waals surface area (Å²) in [7, 11) is 0. The van der Waals surface area contributed by atoms with Crippen molar-refractivity contribution in [1.82, 2.24) is 0 Å². The van der Waals surface area contributed by atoms with Crippen LogP contribution in [0.15, 0.2) is 211 Å². The molecule has 0 aliphatic heterocycles. The van der Waals surface area contributed by atoms with Gasteiger partial charge in [-0.1, -0.05) is 170 Å². The molecule has 0 unspecified atom stereocenters. The molecule has 67 heavy (non-hydrogen) atoms. The molecule has 2 aliphatic carbocycles. The standard InChI is InChI=1S/C66H44O/c1-3-21-49-45(15-1)39-59(53-25-7-5-23-51(49)53)43-17-13-19-47(35-43)65-56-28-9-10-29-57(56)66(48-20-14-18-44(36-48)60-40-46-16-2-4-22-50(46)52-24-6-8-26-54(52)60)62-38-41(31-33-58(62)65)42-32-34-64-61(37-42)55-27-11-12-30-63(55)67-64/h1,3-9,11-15,17-28,30-40H,2,10,16,29H2. The summed E-state index contributed by atoms with van der Waals surface area (Å²) in [4.78, 5) is 0. The average Bonchev–Trinajstić information content (AvgIpc) is 3.77. The van der Waals surface area contributed by atoms with Crippen LogP contribution in [0.25, 0.3) is 133 Å². The largest absolute Gasteiger partial charge is 0.456 e. The second-order valence-corrected chi connectivity index (χ2v) is 18.5. The van der Waals surface area contributed by atoms with Crippen LogP contribution in [-0.4, -0.2) is 0 Å². The van der Waals surface area contributed by atoms with Crippen molar-refractivity contribution in [3.05, 3.63) is 229 Å². The van der Waals surface area contributed by atoms with Crippen LogP contribution >= 0.6 is 0 Å². The number of benzene rings is 11. The highest BCUT2D eigenvalue weighted by molar-refractivity contribution is 6.16. The normalized spacial score (nSPS) is 13.3. The molecule has 0 spiro atoms. The van der Waals surface area contributed by atoms with E-state index in [9.17, 15) is 0 Å². The summed E-state index contributed by atoms with van der Waals surface area (Å²) in [5.74, 6) is 0. The highest BCUT2D eigenvalue weighted by Gasteiger charge is 2.24. The molecule has 1 aromatic heterocycles. The highest BCUT2D eigenvalue weighted by atomic mass is 16.3. The van der Waals surface area contributed by atoms with E-state index in [0.717, 1.165) is 47.6 Å². The molecule has 14 rings (SSSR count). The van der Waals surface area contributed by atoms with Crippen molar-refractivity contribution in [2.45, 2.75) is 25.7 Å². The number of fused-ring (bicyclic) bond motifs is 11. The number of hydrogen-bond donors (Lipinski definition) is 0. The maximum absolute atomic E-state index is 6.30. The Kier molecular flexibility index (Phi) is 8.61. The summed E-state index contributed by atoms with van der Waals surface area (Å²) in [6.45, 7) is 0. The Morgan fingerprint density at radius 3 is 1.70 bits per heavy atom. The average molecular weight is 853 g/mol. The lowest BCUT2D eigenvalue weighted by atomic mass is 9.79. The van der Waals surface area contributed by atoms with Crippen molar-refractivity contribution in [2.75, 3.05) is 0 Å². The molecule has 1 heterocycles. The zero-order valence-corrected chi connectivity index (χ0v) is 37.0. The van der Waals surface area contributed by atoms with Crippen molar-refractivity contribution < 1.29 is 4.42 Å². The number of allylic oxidation sites excluding steroid dienone is 2. The van der Waals surface area contributed by atoms with Crippen LogP contribution in [0, 0.1) is 0 Å². The number of hydrogen-bond acceptors (Lipinski definition) is 1. The number of furan rings is 1. The maximum Gasteiger partial charge on any atom is 0.135 e. The van der Waals surface area contributed by atoms with Gasteiger partial charge in [-0.3, -0.25) is 0 Å². The second kappa shape index (κ2) is 15.2. The van der Waals surface area contributed by atoms with Gasteiger partial charge in [-0.25, -0.2) is 0 Å². The zero-order valence-electron chi connectivity index (χ0n) is 37.0. The van der Waals surface area contributed by atoms with Crippen molar-refractivity contribution in [1.29, 1.82) is 0 Å². The van der Waals surface area contributed by atoms with Crippen molar-refractivity contribution in [3.8, 4) is 55.6 Å². The van der Waals surface area contributed by atoms with E-state index in [-0.39, 0.29) is 0 Å². The van der Waals surface area contributed by atoms with Crippen LogP contribution < -0.4 is 0 Å². The molecule has 0 saturated heterocycles. The Morgan fingerprint density at radius 2 is 0.896 bits per heavy atom. The minimum atomic E-state index is 0.913. The third-order valence-corrected chi connectivity index (χ3v) is 14.7. The van der Waals surface area contributed by atoms with E-state index in [0.29, 0.717) is 0 Å². The lowest BCUT2D eigenvalue weighted by Gasteiger charge is -2.25. The molecule has 0 N–H and O–H groups in total. The van der Waals surface area contributed by atoms with E-state index < -0.39 is 0 Å². The Hall–Kier alpha value is -8.26. The summed E-state index contributed by atoms with van der Waals surface area (Å²) in [5.41, 5.74) is 19.9. The first-order valence-corrected chi connectivity index (χ1v) is 23.8. The Balaban J connectivity index is 1.02. The van der Waals surface area contributed by atoms with Crippen molar-refractivity contribution >= 4 is 77.2 Å². The first-order chi connectivity index (χ1) is 33.2. The Morgan fingerprint density at radius 1 is 0.313 bits per heavy atom. The van der Waals surface area contributed by atoms with Gasteiger partial charge in [-0.15, -0.1) is 0 Å². The topological polar surface area (TPSA) is 13.1 Å². The summed E-state index contributed by atoms with van der Waals surface area (Å²) in [6, 6.07) is 72.5. The van der Waals surface area contributed by atoms with E-state index in [4.69, 9.17) is 4.42 Å². The predicted molar refractivity (Wildman–Crippen MR) is 286 cm³/mol. The molecule has 11 aromatic carbocycles. The SMILES string of the molecule is C1=Cc2c(cc(-c3cccc(-c4c5c(c(-c6cccc(-c7cc8ccccc8c8ccccc78)c6)c6ccc(-c7ccc8oc9ccccc9c8c7)cc46)C=CCC5)c3)c3ccccc23)CC1. The number of aryl methyl sites for hydroxylation is 1. The minimum Gasteiger partial charge on any atom is -0.456 e. The van der Waals surface area contributed by atoms with Gasteiger partial charge in [-0.2, -0.15) is 0 Å². The summed E-state index contributed by atoms with van der Waals surface area (Å²) < 4.78 is 6.30. The second-order valence-electron chi connectivity index (χ2n) is 18.5. The maximum atomic E-state index is 6.30.